The normalized spacial score (nSPS) is 14.6. The van der Waals surface area contributed by atoms with E-state index in [1.165, 1.54) is 0 Å². The molecule has 1 saturated carbocycles. The van der Waals surface area contributed by atoms with Crippen molar-refractivity contribution in [3.8, 4) is 0 Å². The fourth-order valence-electron chi connectivity index (χ4n) is 1.57. The van der Waals surface area contributed by atoms with Crippen molar-refractivity contribution in [1.82, 2.24) is 5.32 Å². The Bertz CT molecular complexity index is 399. The van der Waals surface area contributed by atoms with Crippen LogP contribution in [-0.4, -0.2) is 12.1 Å². The molecule has 1 aromatic rings. The summed E-state index contributed by atoms with van der Waals surface area (Å²) in [6.07, 6.45) is 3.08. The van der Waals surface area contributed by atoms with Crippen LogP contribution in [-0.2, 0) is 6.42 Å². The van der Waals surface area contributed by atoms with Crippen LogP contribution in [0.5, 0.6) is 0 Å². The molecule has 0 aliphatic heterocycles. The standard InChI is InChI=1S/C12H17N3O/c1-2-8-3-4-10(7-11(8)13)15-12(16)14-9-5-6-9/h3-4,7,9H,2,5-6,13H2,1H3,(H2,14,15,16). The van der Waals surface area contributed by atoms with E-state index < -0.39 is 0 Å². The van der Waals surface area contributed by atoms with Crippen LogP contribution in [0.15, 0.2) is 18.2 Å². The van der Waals surface area contributed by atoms with Crippen molar-refractivity contribution in [2.45, 2.75) is 32.2 Å². The number of benzene rings is 1. The summed E-state index contributed by atoms with van der Waals surface area (Å²) in [6, 6.07) is 5.84. The predicted octanol–water partition coefficient (Wildman–Crippen LogP) is 2.12. The maximum absolute atomic E-state index is 11.5. The predicted molar refractivity (Wildman–Crippen MR) is 65.4 cm³/mol. The van der Waals surface area contributed by atoms with E-state index in [2.05, 4.69) is 17.6 Å². The molecule has 1 aliphatic carbocycles. The molecule has 0 unspecified atom stereocenters. The minimum Gasteiger partial charge on any atom is -0.398 e. The number of hydrogen-bond acceptors (Lipinski definition) is 2. The molecule has 4 N–H and O–H groups in total. The Balaban J connectivity index is 1.97. The van der Waals surface area contributed by atoms with Gasteiger partial charge >= 0.3 is 6.03 Å². The third-order valence-electron chi connectivity index (χ3n) is 2.70. The molecule has 1 aliphatic rings. The molecule has 0 radical (unpaired) electrons. The summed E-state index contributed by atoms with van der Waals surface area (Å²) in [7, 11) is 0. The van der Waals surface area contributed by atoms with Gasteiger partial charge in [0.15, 0.2) is 0 Å². The lowest BCUT2D eigenvalue weighted by Gasteiger charge is -2.09. The van der Waals surface area contributed by atoms with Gasteiger partial charge in [-0.2, -0.15) is 0 Å². The Morgan fingerprint density at radius 3 is 2.81 bits per heavy atom. The summed E-state index contributed by atoms with van der Waals surface area (Å²) < 4.78 is 0. The minimum atomic E-state index is -0.147. The number of rotatable bonds is 3. The first-order valence-electron chi connectivity index (χ1n) is 5.65. The van der Waals surface area contributed by atoms with Gasteiger partial charge in [0.05, 0.1) is 0 Å². The zero-order valence-electron chi connectivity index (χ0n) is 9.42. The number of carbonyl (C=O) groups excluding carboxylic acids is 1. The van der Waals surface area contributed by atoms with E-state index in [-0.39, 0.29) is 6.03 Å². The lowest BCUT2D eigenvalue weighted by atomic mass is 10.1. The monoisotopic (exact) mass is 219 g/mol. The van der Waals surface area contributed by atoms with E-state index in [4.69, 9.17) is 5.73 Å². The van der Waals surface area contributed by atoms with Gasteiger partial charge in [0.25, 0.3) is 0 Å². The van der Waals surface area contributed by atoms with E-state index in [0.717, 1.165) is 36.2 Å². The van der Waals surface area contributed by atoms with Crippen LogP contribution in [0, 0.1) is 0 Å². The summed E-state index contributed by atoms with van der Waals surface area (Å²) in [5, 5.41) is 5.63. The van der Waals surface area contributed by atoms with Gasteiger partial charge in [-0.05, 0) is 37.0 Å². The number of carbonyl (C=O) groups is 1. The van der Waals surface area contributed by atoms with Gasteiger partial charge in [-0.25, -0.2) is 4.79 Å². The van der Waals surface area contributed by atoms with Crippen molar-refractivity contribution in [3.63, 3.8) is 0 Å². The summed E-state index contributed by atoms with van der Waals surface area (Å²) in [5.41, 5.74) is 8.43. The van der Waals surface area contributed by atoms with Crippen molar-refractivity contribution in [2.75, 3.05) is 11.1 Å². The quantitative estimate of drug-likeness (QED) is 0.682. The molecule has 0 spiro atoms. The van der Waals surface area contributed by atoms with Crippen LogP contribution in [0.4, 0.5) is 16.2 Å². The zero-order valence-corrected chi connectivity index (χ0v) is 9.42. The maximum atomic E-state index is 11.5. The molecule has 0 atom stereocenters. The number of anilines is 2. The number of nitrogens with one attached hydrogen (secondary N) is 2. The first-order valence-corrected chi connectivity index (χ1v) is 5.65. The number of nitrogen functional groups attached to an aromatic ring is 1. The third kappa shape index (κ3) is 2.66. The van der Waals surface area contributed by atoms with Crippen LogP contribution in [0.1, 0.15) is 25.3 Å². The SMILES string of the molecule is CCc1ccc(NC(=O)NC2CC2)cc1N. The molecule has 0 bridgehead atoms. The third-order valence-corrected chi connectivity index (χ3v) is 2.70. The van der Waals surface area contributed by atoms with E-state index in [0.29, 0.717) is 6.04 Å². The molecular weight excluding hydrogens is 202 g/mol. The lowest BCUT2D eigenvalue weighted by molar-refractivity contribution is 0.251. The Morgan fingerprint density at radius 2 is 2.25 bits per heavy atom. The number of nitrogens with two attached hydrogens (primary N) is 1. The average Bonchev–Trinajstić information content (AvgIpc) is 3.01. The summed E-state index contributed by atoms with van der Waals surface area (Å²) in [6.45, 7) is 2.05. The molecule has 86 valence electrons. The molecule has 1 aromatic carbocycles. The van der Waals surface area contributed by atoms with Crippen LogP contribution < -0.4 is 16.4 Å². The van der Waals surface area contributed by atoms with Gasteiger partial charge in [-0.3, -0.25) is 0 Å². The summed E-state index contributed by atoms with van der Waals surface area (Å²) in [5.74, 6) is 0. The van der Waals surface area contributed by atoms with Crippen molar-refractivity contribution in [3.05, 3.63) is 23.8 Å². The number of amides is 2. The van der Waals surface area contributed by atoms with Crippen LogP contribution >= 0.6 is 0 Å². The minimum absolute atomic E-state index is 0.147. The first-order chi connectivity index (χ1) is 7.69. The lowest BCUT2D eigenvalue weighted by Crippen LogP contribution is -2.30. The molecular formula is C12H17N3O. The van der Waals surface area contributed by atoms with Crippen molar-refractivity contribution < 1.29 is 4.79 Å². The highest BCUT2D eigenvalue weighted by atomic mass is 16.2. The molecule has 2 rings (SSSR count). The number of aryl methyl sites for hydroxylation is 1. The number of hydrogen-bond donors (Lipinski definition) is 3. The molecule has 2 amide bonds. The highest BCUT2D eigenvalue weighted by Gasteiger charge is 2.23. The van der Waals surface area contributed by atoms with E-state index in [9.17, 15) is 4.79 Å². The van der Waals surface area contributed by atoms with Crippen molar-refractivity contribution in [2.24, 2.45) is 0 Å². The summed E-state index contributed by atoms with van der Waals surface area (Å²) >= 11 is 0. The molecule has 4 heteroatoms. The van der Waals surface area contributed by atoms with Crippen LogP contribution in [0.2, 0.25) is 0 Å². The molecule has 0 heterocycles. The van der Waals surface area contributed by atoms with E-state index in [1.807, 2.05) is 12.1 Å². The summed E-state index contributed by atoms with van der Waals surface area (Å²) in [4.78, 5) is 11.5. The highest BCUT2D eigenvalue weighted by Crippen LogP contribution is 2.20. The molecule has 1 fully saturated rings. The van der Waals surface area contributed by atoms with Crippen LogP contribution in [0.25, 0.3) is 0 Å². The van der Waals surface area contributed by atoms with Crippen molar-refractivity contribution in [1.29, 1.82) is 0 Å². The molecule has 0 saturated heterocycles. The Labute approximate surface area is 95.2 Å². The Morgan fingerprint density at radius 1 is 1.50 bits per heavy atom. The maximum Gasteiger partial charge on any atom is 0.319 e. The van der Waals surface area contributed by atoms with Crippen molar-refractivity contribution >= 4 is 17.4 Å². The molecule has 0 aromatic heterocycles. The van der Waals surface area contributed by atoms with Gasteiger partial charge in [-0.15, -0.1) is 0 Å². The second-order valence-corrected chi connectivity index (χ2v) is 4.14. The number of urea groups is 1. The van der Waals surface area contributed by atoms with Gasteiger partial charge in [0, 0.05) is 17.4 Å². The van der Waals surface area contributed by atoms with E-state index in [1.54, 1.807) is 6.07 Å². The first kappa shape index (κ1) is 10.8. The zero-order chi connectivity index (χ0) is 11.5. The Kier molecular flexibility index (Phi) is 2.99. The van der Waals surface area contributed by atoms with Gasteiger partial charge in [-0.1, -0.05) is 13.0 Å². The largest absolute Gasteiger partial charge is 0.398 e. The topological polar surface area (TPSA) is 67.2 Å². The molecule has 16 heavy (non-hydrogen) atoms. The van der Waals surface area contributed by atoms with E-state index >= 15 is 0 Å². The smallest absolute Gasteiger partial charge is 0.319 e. The molecule has 4 nitrogen and oxygen atoms in total. The van der Waals surface area contributed by atoms with Gasteiger partial charge < -0.3 is 16.4 Å². The Hall–Kier alpha value is -1.71. The second-order valence-electron chi connectivity index (χ2n) is 4.14. The second kappa shape index (κ2) is 4.43. The fourth-order valence-corrected chi connectivity index (χ4v) is 1.57. The average molecular weight is 219 g/mol. The van der Waals surface area contributed by atoms with Gasteiger partial charge in [0.1, 0.15) is 0 Å². The van der Waals surface area contributed by atoms with Gasteiger partial charge in [0.2, 0.25) is 0 Å². The van der Waals surface area contributed by atoms with Crippen LogP contribution in [0.3, 0.4) is 0 Å². The fraction of sp³-hybridized carbons (Fsp3) is 0.417. The highest BCUT2D eigenvalue weighted by molar-refractivity contribution is 5.90.